The van der Waals surface area contributed by atoms with Gasteiger partial charge in [0, 0.05) is 49.1 Å². The number of aryl methyl sites for hydroxylation is 1. The predicted octanol–water partition coefficient (Wildman–Crippen LogP) is 3.17. The van der Waals surface area contributed by atoms with E-state index in [4.69, 9.17) is 10.2 Å². The summed E-state index contributed by atoms with van der Waals surface area (Å²) in [4.78, 5) is 21.5. The topological polar surface area (TPSA) is 101 Å². The molecular formula is C21H24N6O2S. The molecule has 9 heteroatoms. The molecule has 1 aromatic carbocycles. The summed E-state index contributed by atoms with van der Waals surface area (Å²) in [6, 6.07) is 11.0. The molecule has 156 valence electrons. The van der Waals surface area contributed by atoms with Gasteiger partial charge < -0.3 is 15.1 Å². The number of urea groups is 1. The van der Waals surface area contributed by atoms with E-state index in [-0.39, 0.29) is 16.5 Å². The van der Waals surface area contributed by atoms with Crippen LogP contribution >= 0.6 is 10.5 Å². The third-order valence-corrected chi connectivity index (χ3v) is 6.44. The Bertz CT molecular complexity index is 1040. The Morgan fingerprint density at radius 2 is 1.93 bits per heavy atom. The predicted molar refractivity (Wildman–Crippen MR) is 121 cm³/mol. The van der Waals surface area contributed by atoms with Crippen LogP contribution in [0.4, 0.5) is 16.2 Å². The van der Waals surface area contributed by atoms with E-state index in [1.54, 1.807) is 30.2 Å². The van der Waals surface area contributed by atoms with Crippen molar-refractivity contribution in [2.75, 3.05) is 35.2 Å². The Labute approximate surface area is 177 Å². The Hall–Kier alpha value is -3.20. The fourth-order valence-electron chi connectivity index (χ4n) is 3.20. The summed E-state index contributed by atoms with van der Waals surface area (Å²) < 4.78 is 5.45. The number of nitrogens with two attached hydrogens (primary N) is 1. The zero-order valence-electron chi connectivity index (χ0n) is 16.8. The van der Waals surface area contributed by atoms with E-state index in [1.807, 2.05) is 29.2 Å². The standard InChI is InChI=1S/C21H24N6O2S/c1-15-24-25-20(29-15)16-3-6-18(23-13-16)14-27(19-7-4-17(22)5-8-19)21(28)26-9-11-30(2)12-10-26/h3-8,13H,2,9-12,14,22H2,1H3. The first-order valence-corrected chi connectivity index (χ1v) is 11.4. The van der Waals surface area contributed by atoms with Crippen molar-refractivity contribution < 1.29 is 9.21 Å². The second-order valence-corrected chi connectivity index (χ2v) is 9.17. The van der Waals surface area contributed by atoms with Crippen LogP contribution in [0.3, 0.4) is 0 Å². The quantitative estimate of drug-likeness (QED) is 0.510. The van der Waals surface area contributed by atoms with Gasteiger partial charge in [-0.25, -0.2) is 4.79 Å². The summed E-state index contributed by atoms with van der Waals surface area (Å²) in [5.74, 6) is 6.95. The van der Waals surface area contributed by atoms with E-state index >= 15 is 0 Å². The van der Waals surface area contributed by atoms with Crippen LogP contribution in [0.2, 0.25) is 0 Å². The molecule has 4 rings (SSSR count). The highest BCUT2D eigenvalue weighted by Crippen LogP contribution is 2.24. The number of hydrogen-bond donors (Lipinski definition) is 1. The van der Waals surface area contributed by atoms with Crippen LogP contribution in [0.5, 0.6) is 0 Å². The Balaban J connectivity index is 1.57. The van der Waals surface area contributed by atoms with Crippen molar-refractivity contribution in [2.45, 2.75) is 13.5 Å². The van der Waals surface area contributed by atoms with Crippen molar-refractivity contribution in [1.82, 2.24) is 20.1 Å². The number of carbonyl (C=O) groups excluding carboxylic acids is 1. The Morgan fingerprint density at radius 1 is 1.20 bits per heavy atom. The number of pyridine rings is 1. The van der Waals surface area contributed by atoms with Crippen LogP contribution in [-0.4, -0.2) is 56.6 Å². The molecular weight excluding hydrogens is 400 g/mol. The van der Waals surface area contributed by atoms with Crippen molar-refractivity contribution in [2.24, 2.45) is 0 Å². The molecule has 1 aliphatic rings. The summed E-state index contributed by atoms with van der Waals surface area (Å²) in [6.45, 7) is 3.53. The van der Waals surface area contributed by atoms with Gasteiger partial charge in [0.2, 0.25) is 11.8 Å². The highest BCUT2D eigenvalue weighted by Gasteiger charge is 2.25. The number of amides is 2. The summed E-state index contributed by atoms with van der Waals surface area (Å²) in [7, 11) is 0.143. The molecule has 0 aliphatic carbocycles. The van der Waals surface area contributed by atoms with Crippen LogP contribution in [0, 0.1) is 6.92 Å². The highest BCUT2D eigenvalue weighted by molar-refractivity contribution is 8.14. The second kappa shape index (κ2) is 8.66. The third kappa shape index (κ3) is 4.51. The molecule has 1 saturated heterocycles. The molecule has 3 heterocycles. The maximum Gasteiger partial charge on any atom is 0.324 e. The first-order chi connectivity index (χ1) is 14.5. The molecule has 1 aliphatic heterocycles. The van der Waals surface area contributed by atoms with E-state index in [0.717, 1.165) is 41.5 Å². The largest absolute Gasteiger partial charge is 0.421 e. The molecule has 0 bridgehead atoms. The van der Waals surface area contributed by atoms with Gasteiger partial charge in [-0.3, -0.25) is 9.88 Å². The molecule has 0 spiro atoms. The SMILES string of the molecule is C=S1CCN(C(=O)N(Cc2ccc(-c3nnc(C)o3)cn2)c2ccc(N)cc2)CC1. The minimum Gasteiger partial charge on any atom is -0.421 e. The Morgan fingerprint density at radius 3 is 2.53 bits per heavy atom. The fourth-order valence-corrected chi connectivity index (χ4v) is 4.36. The number of nitrogen functional groups attached to an aromatic ring is 1. The number of hydrogen-bond acceptors (Lipinski definition) is 6. The molecule has 0 radical (unpaired) electrons. The van der Waals surface area contributed by atoms with Gasteiger partial charge in [0.1, 0.15) is 0 Å². The van der Waals surface area contributed by atoms with Gasteiger partial charge in [-0.1, -0.05) is 5.87 Å². The molecule has 30 heavy (non-hydrogen) atoms. The number of nitrogens with zero attached hydrogens (tertiary/aromatic N) is 5. The first-order valence-electron chi connectivity index (χ1n) is 9.64. The van der Waals surface area contributed by atoms with E-state index in [1.165, 1.54) is 0 Å². The normalized spacial score (nSPS) is 14.6. The van der Waals surface area contributed by atoms with Crippen LogP contribution in [0.15, 0.2) is 47.0 Å². The van der Waals surface area contributed by atoms with Gasteiger partial charge in [0.05, 0.1) is 17.8 Å². The van der Waals surface area contributed by atoms with Gasteiger partial charge in [-0.2, -0.15) is 10.5 Å². The van der Waals surface area contributed by atoms with Gasteiger partial charge in [-0.05, 0) is 36.4 Å². The third-order valence-electron chi connectivity index (χ3n) is 4.92. The lowest BCUT2D eigenvalue weighted by molar-refractivity contribution is 0.209. The number of rotatable bonds is 4. The maximum atomic E-state index is 13.3. The summed E-state index contributed by atoms with van der Waals surface area (Å²) in [6.07, 6.45) is 1.68. The molecule has 1 fully saturated rings. The van der Waals surface area contributed by atoms with E-state index in [9.17, 15) is 4.79 Å². The van der Waals surface area contributed by atoms with Crippen molar-refractivity contribution in [1.29, 1.82) is 0 Å². The first kappa shape index (κ1) is 20.1. The van der Waals surface area contributed by atoms with Gasteiger partial charge in [-0.15, -0.1) is 10.2 Å². The molecule has 0 saturated carbocycles. The number of benzene rings is 1. The second-order valence-electron chi connectivity index (χ2n) is 7.13. The lowest BCUT2D eigenvalue weighted by atomic mass is 10.2. The van der Waals surface area contributed by atoms with E-state index < -0.39 is 0 Å². The average molecular weight is 425 g/mol. The summed E-state index contributed by atoms with van der Waals surface area (Å²) in [5.41, 5.74) is 8.77. The number of anilines is 2. The fraction of sp³-hybridized carbons (Fsp3) is 0.286. The van der Waals surface area contributed by atoms with Crippen molar-refractivity contribution in [3.8, 4) is 11.5 Å². The van der Waals surface area contributed by atoms with Crippen LogP contribution in [-0.2, 0) is 6.54 Å². The van der Waals surface area contributed by atoms with Crippen molar-refractivity contribution >= 4 is 33.8 Å². The number of aromatic nitrogens is 3. The van der Waals surface area contributed by atoms with Gasteiger partial charge >= 0.3 is 6.03 Å². The highest BCUT2D eigenvalue weighted by atomic mass is 32.2. The minimum absolute atomic E-state index is 0.0325. The van der Waals surface area contributed by atoms with Gasteiger partial charge in [0.15, 0.2) is 0 Å². The van der Waals surface area contributed by atoms with Crippen molar-refractivity contribution in [3.63, 3.8) is 0 Å². The minimum atomic E-state index is -0.0325. The summed E-state index contributed by atoms with van der Waals surface area (Å²) >= 11 is 0. The van der Waals surface area contributed by atoms with Crippen LogP contribution < -0.4 is 10.6 Å². The van der Waals surface area contributed by atoms with E-state index in [0.29, 0.717) is 24.0 Å². The Kier molecular flexibility index (Phi) is 5.80. The van der Waals surface area contributed by atoms with E-state index in [2.05, 4.69) is 21.1 Å². The lowest BCUT2D eigenvalue weighted by Crippen LogP contribution is -2.47. The summed E-state index contributed by atoms with van der Waals surface area (Å²) in [5, 5.41) is 7.86. The average Bonchev–Trinajstić information content (AvgIpc) is 3.19. The zero-order valence-corrected chi connectivity index (χ0v) is 17.6. The van der Waals surface area contributed by atoms with Gasteiger partial charge in [0.25, 0.3) is 0 Å². The lowest BCUT2D eigenvalue weighted by Gasteiger charge is -2.34. The zero-order chi connectivity index (χ0) is 21.1. The molecule has 8 nitrogen and oxygen atoms in total. The molecule has 2 amide bonds. The molecule has 2 aromatic heterocycles. The van der Waals surface area contributed by atoms with Crippen molar-refractivity contribution in [3.05, 3.63) is 54.2 Å². The smallest absolute Gasteiger partial charge is 0.324 e. The molecule has 2 N–H and O–H groups in total. The molecule has 0 unspecified atom stereocenters. The van der Waals surface area contributed by atoms with Crippen LogP contribution in [0.25, 0.3) is 11.5 Å². The number of carbonyl (C=O) groups is 1. The molecule has 3 aromatic rings. The maximum absolute atomic E-state index is 13.3. The molecule has 0 atom stereocenters. The monoisotopic (exact) mass is 424 g/mol. The van der Waals surface area contributed by atoms with Crippen LogP contribution in [0.1, 0.15) is 11.6 Å².